The maximum absolute atomic E-state index is 12.5. The average molecular weight is 336 g/mol. The molecule has 5 heteroatoms. The number of amides is 1. The number of aryl methyl sites for hydroxylation is 1. The highest BCUT2D eigenvalue weighted by atomic mass is 16.1. The summed E-state index contributed by atoms with van der Waals surface area (Å²) in [4.78, 5) is 17.0. The molecular weight excluding hydrogens is 312 g/mol. The minimum atomic E-state index is -0.0666. The highest BCUT2D eigenvalue weighted by Gasteiger charge is 2.17. The molecule has 3 aromatic rings. The van der Waals surface area contributed by atoms with Crippen LogP contribution < -0.4 is 5.32 Å². The molecule has 1 N–H and O–H groups in total. The smallest absolute Gasteiger partial charge is 0.254 e. The zero-order chi connectivity index (χ0) is 17.6. The summed E-state index contributed by atoms with van der Waals surface area (Å²) in [5.41, 5.74) is 4.22. The maximum atomic E-state index is 12.5. The quantitative estimate of drug-likeness (QED) is 0.666. The second-order valence-corrected chi connectivity index (χ2v) is 6.14. The Kier molecular flexibility index (Phi) is 5.43. The molecule has 0 spiro atoms. The van der Waals surface area contributed by atoms with E-state index >= 15 is 0 Å². The highest BCUT2D eigenvalue weighted by molar-refractivity contribution is 5.95. The van der Waals surface area contributed by atoms with Gasteiger partial charge in [0.1, 0.15) is 0 Å². The molecule has 0 aliphatic carbocycles. The lowest BCUT2D eigenvalue weighted by atomic mass is 10.1. The summed E-state index contributed by atoms with van der Waals surface area (Å²) >= 11 is 0. The number of hydrogen-bond acceptors (Lipinski definition) is 3. The van der Waals surface area contributed by atoms with Gasteiger partial charge < -0.3 is 5.32 Å². The first-order valence-corrected chi connectivity index (χ1v) is 8.95. The van der Waals surface area contributed by atoms with Gasteiger partial charge in [0.15, 0.2) is 5.65 Å². The second kappa shape index (κ2) is 7.92. The van der Waals surface area contributed by atoms with Gasteiger partial charge >= 0.3 is 0 Å². The maximum Gasteiger partial charge on any atom is 0.254 e. The topological polar surface area (TPSA) is 59.3 Å². The fourth-order valence-corrected chi connectivity index (χ4v) is 2.87. The molecule has 0 saturated carbocycles. The van der Waals surface area contributed by atoms with Crippen molar-refractivity contribution in [3.05, 3.63) is 53.9 Å². The van der Waals surface area contributed by atoms with Gasteiger partial charge in [-0.25, -0.2) is 9.50 Å². The molecule has 0 saturated heterocycles. The average Bonchev–Trinajstić information content (AvgIpc) is 3.08. The Morgan fingerprint density at radius 2 is 1.96 bits per heavy atom. The van der Waals surface area contributed by atoms with Crippen molar-refractivity contribution in [2.45, 2.75) is 39.5 Å². The molecule has 0 radical (unpaired) electrons. The molecule has 130 valence electrons. The van der Waals surface area contributed by atoms with Crippen LogP contribution in [-0.2, 0) is 6.42 Å². The van der Waals surface area contributed by atoms with Gasteiger partial charge in [-0.05, 0) is 12.8 Å². The lowest BCUT2D eigenvalue weighted by Gasteiger charge is -2.10. The van der Waals surface area contributed by atoms with Gasteiger partial charge in [-0.15, -0.1) is 0 Å². The van der Waals surface area contributed by atoms with Crippen LogP contribution in [0.1, 0.15) is 49.2 Å². The third-order valence-corrected chi connectivity index (χ3v) is 4.20. The van der Waals surface area contributed by atoms with Gasteiger partial charge in [-0.2, -0.15) is 5.10 Å². The lowest BCUT2D eigenvalue weighted by molar-refractivity contribution is 0.0951. The van der Waals surface area contributed by atoms with E-state index in [1.807, 2.05) is 40.9 Å². The van der Waals surface area contributed by atoms with E-state index in [-0.39, 0.29) is 5.91 Å². The summed E-state index contributed by atoms with van der Waals surface area (Å²) < 4.78 is 1.82. The van der Waals surface area contributed by atoms with Gasteiger partial charge in [-0.3, -0.25) is 4.79 Å². The molecule has 0 atom stereocenters. The van der Waals surface area contributed by atoms with Crippen molar-refractivity contribution in [1.82, 2.24) is 19.9 Å². The van der Waals surface area contributed by atoms with Crippen LogP contribution in [-0.4, -0.2) is 27.0 Å². The molecule has 1 aromatic carbocycles. The molecule has 0 unspecified atom stereocenters. The Morgan fingerprint density at radius 3 is 2.68 bits per heavy atom. The van der Waals surface area contributed by atoms with Crippen LogP contribution in [0.15, 0.2) is 42.6 Å². The molecule has 0 bridgehead atoms. The Balaban J connectivity index is 2.01. The van der Waals surface area contributed by atoms with E-state index in [2.05, 4.69) is 24.1 Å². The van der Waals surface area contributed by atoms with Gasteiger partial charge in [0, 0.05) is 24.4 Å². The van der Waals surface area contributed by atoms with E-state index < -0.39 is 0 Å². The van der Waals surface area contributed by atoms with Crippen molar-refractivity contribution in [2.24, 2.45) is 0 Å². The van der Waals surface area contributed by atoms with Gasteiger partial charge in [0.2, 0.25) is 0 Å². The SMILES string of the molecule is CCCCNC(=O)c1cnc2cc(-c3ccccc3)nn2c1CCC. The van der Waals surface area contributed by atoms with Crippen molar-refractivity contribution in [3.8, 4) is 11.3 Å². The Labute approximate surface area is 148 Å². The van der Waals surface area contributed by atoms with Crippen molar-refractivity contribution < 1.29 is 4.79 Å². The van der Waals surface area contributed by atoms with Crippen molar-refractivity contribution >= 4 is 11.6 Å². The first-order chi connectivity index (χ1) is 12.2. The van der Waals surface area contributed by atoms with Crippen LogP contribution >= 0.6 is 0 Å². The van der Waals surface area contributed by atoms with Crippen LogP contribution in [0, 0.1) is 0 Å². The van der Waals surface area contributed by atoms with Gasteiger partial charge in [0.25, 0.3) is 5.91 Å². The zero-order valence-electron chi connectivity index (χ0n) is 14.8. The molecular formula is C20H24N4O. The summed E-state index contributed by atoms with van der Waals surface area (Å²) in [6.07, 6.45) is 5.43. The van der Waals surface area contributed by atoms with E-state index in [9.17, 15) is 4.79 Å². The lowest BCUT2D eigenvalue weighted by Crippen LogP contribution is -2.26. The van der Waals surface area contributed by atoms with Crippen LogP contribution in [0.2, 0.25) is 0 Å². The summed E-state index contributed by atoms with van der Waals surface area (Å²) in [6.45, 7) is 4.90. The first kappa shape index (κ1) is 17.1. The third kappa shape index (κ3) is 3.71. The van der Waals surface area contributed by atoms with E-state index in [1.54, 1.807) is 6.20 Å². The number of unbranched alkanes of at least 4 members (excludes halogenated alkanes) is 1. The van der Waals surface area contributed by atoms with E-state index in [4.69, 9.17) is 5.10 Å². The standard InChI is InChI=1S/C20H24N4O/c1-3-5-12-21-20(25)16-14-22-19-13-17(15-10-7-6-8-11-15)23-24(19)18(16)9-4-2/h6-8,10-11,13-14H,3-5,9,12H2,1-2H3,(H,21,25). The Bertz CT molecular complexity index is 855. The molecule has 0 fully saturated rings. The van der Waals surface area contributed by atoms with E-state index in [0.29, 0.717) is 12.1 Å². The summed E-state index contributed by atoms with van der Waals surface area (Å²) in [7, 11) is 0. The number of carbonyl (C=O) groups is 1. The van der Waals surface area contributed by atoms with E-state index in [0.717, 1.165) is 48.3 Å². The Morgan fingerprint density at radius 1 is 1.16 bits per heavy atom. The predicted molar refractivity (Wildman–Crippen MR) is 99.7 cm³/mol. The van der Waals surface area contributed by atoms with Crippen LogP contribution in [0.4, 0.5) is 0 Å². The highest BCUT2D eigenvalue weighted by Crippen LogP contribution is 2.21. The largest absolute Gasteiger partial charge is 0.352 e. The molecule has 2 heterocycles. The van der Waals surface area contributed by atoms with Crippen LogP contribution in [0.5, 0.6) is 0 Å². The molecule has 1 amide bonds. The predicted octanol–water partition coefficient (Wildman–Crippen LogP) is 3.88. The number of benzene rings is 1. The molecule has 25 heavy (non-hydrogen) atoms. The zero-order valence-corrected chi connectivity index (χ0v) is 14.8. The number of fused-ring (bicyclic) bond motifs is 1. The van der Waals surface area contributed by atoms with Crippen LogP contribution in [0.25, 0.3) is 16.9 Å². The summed E-state index contributed by atoms with van der Waals surface area (Å²) in [5, 5.41) is 7.70. The molecule has 0 aliphatic heterocycles. The van der Waals surface area contributed by atoms with Crippen molar-refractivity contribution in [2.75, 3.05) is 6.54 Å². The normalized spacial score (nSPS) is 11.0. The van der Waals surface area contributed by atoms with Crippen molar-refractivity contribution in [1.29, 1.82) is 0 Å². The van der Waals surface area contributed by atoms with Gasteiger partial charge in [0.05, 0.1) is 17.0 Å². The monoisotopic (exact) mass is 336 g/mol. The number of rotatable bonds is 7. The number of nitrogens with zero attached hydrogens (tertiary/aromatic N) is 3. The van der Waals surface area contributed by atoms with Gasteiger partial charge in [-0.1, -0.05) is 57.0 Å². The first-order valence-electron chi connectivity index (χ1n) is 8.95. The number of hydrogen-bond donors (Lipinski definition) is 1. The molecule has 5 nitrogen and oxygen atoms in total. The minimum absolute atomic E-state index is 0.0666. The Hall–Kier alpha value is -2.69. The minimum Gasteiger partial charge on any atom is -0.352 e. The fourth-order valence-electron chi connectivity index (χ4n) is 2.87. The third-order valence-electron chi connectivity index (χ3n) is 4.20. The second-order valence-electron chi connectivity index (χ2n) is 6.14. The number of nitrogens with one attached hydrogen (secondary N) is 1. The molecule has 2 aromatic heterocycles. The van der Waals surface area contributed by atoms with E-state index in [1.165, 1.54) is 0 Å². The fraction of sp³-hybridized carbons (Fsp3) is 0.350. The van der Waals surface area contributed by atoms with Crippen molar-refractivity contribution in [3.63, 3.8) is 0 Å². The molecule has 3 rings (SSSR count). The number of aromatic nitrogens is 3. The number of carbonyl (C=O) groups excluding carboxylic acids is 1. The summed E-state index contributed by atoms with van der Waals surface area (Å²) in [6, 6.07) is 12.0. The molecule has 0 aliphatic rings. The van der Waals surface area contributed by atoms with Crippen LogP contribution in [0.3, 0.4) is 0 Å². The summed E-state index contributed by atoms with van der Waals surface area (Å²) in [5.74, 6) is -0.0666.